The zero-order valence-electron chi connectivity index (χ0n) is 11.9. The largest absolute Gasteiger partial charge is 0.423 e. The SMILES string of the molecule is CC1CCc2ccccc2N1c1nc2ccc(N)cc2o1. The minimum absolute atomic E-state index is 0.366. The van der Waals surface area contributed by atoms with Gasteiger partial charge in [-0.3, -0.25) is 4.90 Å². The molecule has 0 saturated carbocycles. The third-order valence-corrected chi connectivity index (χ3v) is 4.13. The van der Waals surface area contributed by atoms with Crippen molar-refractivity contribution in [2.45, 2.75) is 25.8 Å². The van der Waals surface area contributed by atoms with E-state index in [0.29, 0.717) is 17.7 Å². The van der Waals surface area contributed by atoms with Crippen molar-refractivity contribution >= 4 is 28.5 Å². The molecule has 4 rings (SSSR count). The summed E-state index contributed by atoms with van der Waals surface area (Å²) in [5, 5.41) is 0. The first kappa shape index (κ1) is 12.3. The van der Waals surface area contributed by atoms with Crippen LogP contribution in [0.1, 0.15) is 18.9 Å². The highest BCUT2D eigenvalue weighted by Gasteiger charge is 2.27. The smallest absolute Gasteiger partial charge is 0.303 e. The number of benzene rings is 2. The van der Waals surface area contributed by atoms with Crippen LogP contribution in [0.25, 0.3) is 11.1 Å². The van der Waals surface area contributed by atoms with Crippen molar-refractivity contribution in [2.75, 3.05) is 10.6 Å². The Balaban J connectivity index is 1.87. The quantitative estimate of drug-likeness (QED) is 0.687. The van der Waals surface area contributed by atoms with E-state index in [9.17, 15) is 0 Å². The first-order valence-electron chi connectivity index (χ1n) is 7.25. The number of hydrogen-bond acceptors (Lipinski definition) is 4. The van der Waals surface area contributed by atoms with Crippen molar-refractivity contribution in [1.29, 1.82) is 0 Å². The lowest BCUT2D eigenvalue weighted by atomic mass is 9.97. The Morgan fingerprint density at radius 1 is 1.24 bits per heavy atom. The number of oxazole rings is 1. The standard InChI is InChI=1S/C17H17N3O/c1-11-6-7-12-4-2-3-5-15(12)20(11)17-19-14-9-8-13(18)10-16(14)21-17/h2-5,8-11H,6-7,18H2,1H3. The minimum Gasteiger partial charge on any atom is -0.423 e. The summed E-state index contributed by atoms with van der Waals surface area (Å²) in [5.41, 5.74) is 10.6. The molecule has 0 bridgehead atoms. The van der Waals surface area contributed by atoms with Gasteiger partial charge in [-0.2, -0.15) is 4.98 Å². The summed E-state index contributed by atoms with van der Waals surface area (Å²) in [4.78, 5) is 6.82. The van der Waals surface area contributed by atoms with Gasteiger partial charge in [0, 0.05) is 23.5 Å². The number of nitrogen functional groups attached to an aromatic ring is 1. The molecule has 21 heavy (non-hydrogen) atoms. The van der Waals surface area contributed by atoms with Crippen LogP contribution in [-0.4, -0.2) is 11.0 Å². The molecule has 2 aromatic carbocycles. The third kappa shape index (κ3) is 1.95. The van der Waals surface area contributed by atoms with Gasteiger partial charge in [-0.1, -0.05) is 18.2 Å². The lowest BCUT2D eigenvalue weighted by Gasteiger charge is -2.33. The highest BCUT2D eigenvalue weighted by Crippen LogP contribution is 2.37. The zero-order valence-corrected chi connectivity index (χ0v) is 11.9. The Labute approximate surface area is 123 Å². The number of fused-ring (bicyclic) bond motifs is 2. The van der Waals surface area contributed by atoms with E-state index in [-0.39, 0.29) is 0 Å². The zero-order chi connectivity index (χ0) is 14.4. The number of para-hydroxylation sites is 1. The minimum atomic E-state index is 0.366. The number of anilines is 3. The van der Waals surface area contributed by atoms with Crippen LogP contribution < -0.4 is 10.6 Å². The van der Waals surface area contributed by atoms with E-state index in [1.807, 2.05) is 18.2 Å². The lowest BCUT2D eigenvalue weighted by molar-refractivity contribution is 0.533. The van der Waals surface area contributed by atoms with Crippen molar-refractivity contribution in [2.24, 2.45) is 0 Å². The molecule has 1 aliphatic rings. The van der Waals surface area contributed by atoms with Crippen molar-refractivity contribution < 1.29 is 4.42 Å². The number of nitrogens with two attached hydrogens (primary N) is 1. The van der Waals surface area contributed by atoms with Crippen molar-refractivity contribution in [1.82, 2.24) is 4.98 Å². The fraction of sp³-hybridized carbons (Fsp3) is 0.235. The Hall–Kier alpha value is -2.49. The average molecular weight is 279 g/mol. The van der Waals surface area contributed by atoms with Crippen LogP contribution in [-0.2, 0) is 6.42 Å². The molecule has 1 aliphatic heterocycles. The number of hydrogen-bond donors (Lipinski definition) is 1. The molecule has 0 spiro atoms. The van der Waals surface area contributed by atoms with Crippen molar-refractivity contribution in [3.05, 3.63) is 48.0 Å². The molecule has 4 heteroatoms. The molecule has 2 heterocycles. The van der Waals surface area contributed by atoms with E-state index < -0.39 is 0 Å². The van der Waals surface area contributed by atoms with Crippen molar-refractivity contribution in [3.63, 3.8) is 0 Å². The second-order valence-electron chi connectivity index (χ2n) is 5.61. The molecule has 0 fully saturated rings. The first-order valence-corrected chi connectivity index (χ1v) is 7.25. The van der Waals surface area contributed by atoms with E-state index in [2.05, 4.69) is 41.1 Å². The maximum atomic E-state index is 5.95. The maximum absolute atomic E-state index is 5.95. The molecule has 0 aliphatic carbocycles. The number of nitrogens with zero attached hydrogens (tertiary/aromatic N) is 2. The predicted octanol–water partition coefficient (Wildman–Crippen LogP) is 3.88. The lowest BCUT2D eigenvalue weighted by Crippen LogP contribution is -2.33. The summed E-state index contributed by atoms with van der Waals surface area (Å²) in [5.74, 6) is 0. The van der Waals surface area contributed by atoms with E-state index >= 15 is 0 Å². The van der Waals surface area contributed by atoms with Gasteiger partial charge in [0.05, 0.1) is 0 Å². The van der Waals surface area contributed by atoms with E-state index in [4.69, 9.17) is 10.2 Å². The van der Waals surface area contributed by atoms with Crippen LogP contribution in [0.5, 0.6) is 0 Å². The maximum Gasteiger partial charge on any atom is 0.303 e. The molecule has 0 radical (unpaired) electrons. The molecule has 2 N–H and O–H groups in total. The molecule has 0 saturated heterocycles. The van der Waals surface area contributed by atoms with Gasteiger partial charge in [0.15, 0.2) is 5.58 Å². The van der Waals surface area contributed by atoms with Gasteiger partial charge in [-0.05, 0) is 43.5 Å². The van der Waals surface area contributed by atoms with Gasteiger partial charge in [0.2, 0.25) is 0 Å². The monoisotopic (exact) mass is 279 g/mol. The molecular weight excluding hydrogens is 262 g/mol. The number of aromatic nitrogens is 1. The summed E-state index contributed by atoms with van der Waals surface area (Å²) in [6, 6.07) is 15.0. The Morgan fingerprint density at radius 3 is 3.00 bits per heavy atom. The summed E-state index contributed by atoms with van der Waals surface area (Å²) in [6.45, 7) is 2.21. The van der Waals surface area contributed by atoms with E-state index in [1.165, 1.54) is 11.3 Å². The summed E-state index contributed by atoms with van der Waals surface area (Å²) >= 11 is 0. The van der Waals surface area contributed by atoms with Gasteiger partial charge in [0.1, 0.15) is 5.52 Å². The van der Waals surface area contributed by atoms with Crippen LogP contribution in [0.4, 0.5) is 17.4 Å². The highest BCUT2D eigenvalue weighted by atomic mass is 16.4. The van der Waals surface area contributed by atoms with Crippen LogP contribution in [0.2, 0.25) is 0 Å². The summed E-state index contributed by atoms with van der Waals surface area (Å²) in [7, 11) is 0. The summed E-state index contributed by atoms with van der Waals surface area (Å²) in [6.07, 6.45) is 2.19. The molecular formula is C17H17N3O. The molecule has 1 aromatic heterocycles. The molecule has 1 atom stereocenters. The van der Waals surface area contributed by atoms with E-state index in [1.54, 1.807) is 0 Å². The molecule has 1 unspecified atom stereocenters. The van der Waals surface area contributed by atoms with Crippen LogP contribution in [0.15, 0.2) is 46.9 Å². The fourth-order valence-electron chi connectivity index (χ4n) is 3.01. The molecule has 4 nitrogen and oxygen atoms in total. The van der Waals surface area contributed by atoms with Crippen molar-refractivity contribution in [3.8, 4) is 0 Å². The molecule has 3 aromatic rings. The Kier molecular flexibility index (Phi) is 2.64. The molecule has 0 amide bonds. The van der Waals surface area contributed by atoms with Gasteiger partial charge in [-0.15, -0.1) is 0 Å². The topological polar surface area (TPSA) is 55.3 Å². The average Bonchev–Trinajstić information content (AvgIpc) is 2.89. The number of aryl methyl sites for hydroxylation is 1. The van der Waals surface area contributed by atoms with Gasteiger partial charge in [0.25, 0.3) is 0 Å². The highest BCUT2D eigenvalue weighted by molar-refractivity contribution is 5.79. The van der Waals surface area contributed by atoms with Crippen LogP contribution in [0, 0.1) is 0 Å². The van der Waals surface area contributed by atoms with Gasteiger partial charge < -0.3 is 10.2 Å². The molecule has 106 valence electrons. The second kappa shape index (κ2) is 4.52. The Morgan fingerprint density at radius 2 is 2.10 bits per heavy atom. The van der Waals surface area contributed by atoms with Crippen LogP contribution in [0.3, 0.4) is 0 Å². The van der Waals surface area contributed by atoms with Gasteiger partial charge >= 0.3 is 6.01 Å². The van der Waals surface area contributed by atoms with Crippen LogP contribution >= 0.6 is 0 Å². The fourth-order valence-corrected chi connectivity index (χ4v) is 3.01. The Bertz CT molecular complexity index is 809. The predicted molar refractivity (Wildman–Crippen MR) is 84.8 cm³/mol. The van der Waals surface area contributed by atoms with Gasteiger partial charge in [-0.25, -0.2) is 0 Å². The normalized spacial score (nSPS) is 18.0. The second-order valence-corrected chi connectivity index (χ2v) is 5.61. The summed E-state index contributed by atoms with van der Waals surface area (Å²) < 4.78 is 5.95. The first-order chi connectivity index (χ1) is 10.2. The van der Waals surface area contributed by atoms with E-state index in [0.717, 1.165) is 23.9 Å². The third-order valence-electron chi connectivity index (χ3n) is 4.13. The number of rotatable bonds is 1.